The SMILES string of the molecule is CCOc1ccc(CN2C(=O)c3cc4ccccc4n3C[C@]2(C)C(=O)NCc2ccccc2)cc1OC. The molecule has 0 spiro atoms. The number of ether oxygens (including phenoxy) is 2. The standard InChI is InChI=1S/C30H31N3O4/c1-4-37-26-15-14-22(16-27(26)36-3)19-33-28(34)25-17-23-12-8-9-13-24(23)32(25)20-30(33,2)29(35)31-18-21-10-6-5-7-11-21/h5-17H,4,18-20H2,1-3H3,(H,31,35)/t30-/m1/s1. The van der Waals surface area contributed by atoms with E-state index in [1.807, 2.05) is 97.3 Å². The molecule has 7 nitrogen and oxygen atoms in total. The Kier molecular flexibility index (Phi) is 6.61. The van der Waals surface area contributed by atoms with Crippen LogP contribution in [-0.4, -0.2) is 40.5 Å². The van der Waals surface area contributed by atoms with Gasteiger partial charge in [-0.2, -0.15) is 0 Å². The van der Waals surface area contributed by atoms with Crippen LogP contribution in [0.1, 0.15) is 35.5 Å². The second-order valence-electron chi connectivity index (χ2n) is 9.43. The zero-order chi connectivity index (χ0) is 26.0. The smallest absolute Gasteiger partial charge is 0.271 e. The van der Waals surface area contributed by atoms with E-state index in [-0.39, 0.29) is 18.4 Å². The molecule has 0 saturated heterocycles. The first-order chi connectivity index (χ1) is 17.9. The van der Waals surface area contributed by atoms with Gasteiger partial charge in [0.25, 0.3) is 5.91 Å². The van der Waals surface area contributed by atoms with Crippen LogP contribution in [0.2, 0.25) is 0 Å². The minimum atomic E-state index is -1.12. The van der Waals surface area contributed by atoms with E-state index in [1.165, 1.54) is 0 Å². The number of hydrogen-bond acceptors (Lipinski definition) is 4. The topological polar surface area (TPSA) is 72.8 Å². The molecule has 0 radical (unpaired) electrons. The van der Waals surface area contributed by atoms with Gasteiger partial charge in [-0.25, -0.2) is 0 Å². The van der Waals surface area contributed by atoms with Crippen LogP contribution in [0.5, 0.6) is 11.5 Å². The summed E-state index contributed by atoms with van der Waals surface area (Å²) < 4.78 is 13.1. The lowest BCUT2D eigenvalue weighted by atomic mass is 9.93. The number of carbonyl (C=O) groups is 2. The van der Waals surface area contributed by atoms with Crippen LogP contribution in [0, 0.1) is 0 Å². The van der Waals surface area contributed by atoms with Crippen LogP contribution >= 0.6 is 0 Å². The average Bonchev–Trinajstić information content (AvgIpc) is 3.29. The van der Waals surface area contributed by atoms with Gasteiger partial charge < -0.3 is 24.3 Å². The van der Waals surface area contributed by atoms with Crippen molar-refractivity contribution in [1.29, 1.82) is 0 Å². The van der Waals surface area contributed by atoms with Crippen LogP contribution in [-0.2, 0) is 24.4 Å². The molecule has 0 unspecified atom stereocenters. The zero-order valence-electron chi connectivity index (χ0n) is 21.4. The van der Waals surface area contributed by atoms with E-state index in [9.17, 15) is 9.59 Å². The van der Waals surface area contributed by atoms with Crippen LogP contribution in [0.3, 0.4) is 0 Å². The van der Waals surface area contributed by atoms with E-state index in [1.54, 1.807) is 12.0 Å². The summed E-state index contributed by atoms with van der Waals surface area (Å²) in [7, 11) is 1.59. The van der Waals surface area contributed by atoms with Crippen molar-refractivity contribution in [3.63, 3.8) is 0 Å². The summed E-state index contributed by atoms with van der Waals surface area (Å²) in [6.45, 7) is 5.25. The predicted octanol–water partition coefficient (Wildman–Crippen LogP) is 4.78. The summed E-state index contributed by atoms with van der Waals surface area (Å²) in [5.74, 6) is 0.842. The molecule has 2 amide bonds. The molecule has 1 aliphatic heterocycles. The van der Waals surface area contributed by atoms with Gasteiger partial charge in [0.05, 0.1) is 20.3 Å². The number of hydrogen-bond donors (Lipinski definition) is 1. The molecule has 3 aromatic carbocycles. The Hall–Kier alpha value is -4.26. The third-order valence-electron chi connectivity index (χ3n) is 6.99. The predicted molar refractivity (Wildman–Crippen MR) is 143 cm³/mol. The molecule has 1 aromatic heterocycles. The fourth-order valence-electron chi connectivity index (χ4n) is 4.99. The first kappa shape index (κ1) is 24.4. The number of benzene rings is 3. The van der Waals surface area contributed by atoms with Gasteiger partial charge in [-0.3, -0.25) is 9.59 Å². The first-order valence-electron chi connectivity index (χ1n) is 12.5. The lowest BCUT2D eigenvalue weighted by Crippen LogP contribution is -2.63. The maximum absolute atomic E-state index is 14.0. The molecular weight excluding hydrogens is 466 g/mol. The number of methoxy groups -OCH3 is 1. The van der Waals surface area contributed by atoms with Crippen molar-refractivity contribution >= 4 is 22.7 Å². The Morgan fingerprint density at radius 2 is 1.73 bits per heavy atom. The summed E-state index contributed by atoms with van der Waals surface area (Å²) >= 11 is 0. The third kappa shape index (κ3) is 4.53. The van der Waals surface area contributed by atoms with E-state index in [2.05, 4.69) is 5.32 Å². The quantitative estimate of drug-likeness (QED) is 0.380. The average molecular weight is 498 g/mol. The highest BCUT2D eigenvalue weighted by Crippen LogP contribution is 2.35. The number of rotatable bonds is 8. The molecule has 1 N–H and O–H groups in total. The molecule has 4 aromatic rings. The maximum atomic E-state index is 14.0. The summed E-state index contributed by atoms with van der Waals surface area (Å²) in [6.07, 6.45) is 0. The van der Waals surface area contributed by atoms with Crippen LogP contribution < -0.4 is 14.8 Å². The number of fused-ring (bicyclic) bond motifs is 3. The molecule has 5 rings (SSSR count). The van der Waals surface area contributed by atoms with Gasteiger partial charge in [-0.1, -0.05) is 54.6 Å². The van der Waals surface area contributed by atoms with Crippen molar-refractivity contribution in [2.45, 2.75) is 39.0 Å². The third-order valence-corrected chi connectivity index (χ3v) is 6.99. The van der Waals surface area contributed by atoms with E-state index in [0.29, 0.717) is 36.9 Å². The Morgan fingerprint density at radius 1 is 0.973 bits per heavy atom. The number of carbonyl (C=O) groups excluding carboxylic acids is 2. The summed E-state index contributed by atoms with van der Waals surface area (Å²) in [6, 6.07) is 25.2. The Bertz CT molecular complexity index is 1450. The van der Waals surface area contributed by atoms with Crippen molar-refractivity contribution in [3.8, 4) is 11.5 Å². The Labute approximate surface area is 216 Å². The fourth-order valence-corrected chi connectivity index (χ4v) is 4.99. The molecule has 1 aliphatic rings. The minimum Gasteiger partial charge on any atom is -0.493 e. The second kappa shape index (κ2) is 10.0. The lowest BCUT2D eigenvalue weighted by Gasteiger charge is -2.44. The van der Waals surface area contributed by atoms with Gasteiger partial charge in [0, 0.05) is 24.0 Å². The summed E-state index contributed by atoms with van der Waals surface area (Å²) in [4.78, 5) is 29.5. The number of nitrogens with one attached hydrogen (secondary N) is 1. The van der Waals surface area contributed by atoms with E-state index < -0.39 is 5.54 Å². The normalized spacial score (nSPS) is 16.9. The maximum Gasteiger partial charge on any atom is 0.271 e. The van der Waals surface area contributed by atoms with Gasteiger partial charge in [0.1, 0.15) is 11.2 Å². The molecule has 190 valence electrons. The molecule has 1 atom stereocenters. The number of para-hydroxylation sites is 1. The highest BCUT2D eigenvalue weighted by atomic mass is 16.5. The van der Waals surface area contributed by atoms with Gasteiger partial charge >= 0.3 is 0 Å². The van der Waals surface area contributed by atoms with E-state index >= 15 is 0 Å². The van der Waals surface area contributed by atoms with Crippen LogP contribution in [0.15, 0.2) is 78.9 Å². The molecule has 0 fully saturated rings. The number of amides is 2. The molecule has 0 bridgehead atoms. The molecule has 0 saturated carbocycles. The monoisotopic (exact) mass is 497 g/mol. The molecule has 7 heteroatoms. The minimum absolute atomic E-state index is 0.187. The van der Waals surface area contributed by atoms with E-state index in [4.69, 9.17) is 9.47 Å². The summed E-state index contributed by atoms with van der Waals surface area (Å²) in [5.41, 5.74) is 2.24. The van der Waals surface area contributed by atoms with Gasteiger partial charge in [0.15, 0.2) is 11.5 Å². The Morgan fingerprint density at radius 3 is 2.49 bits per heavy atom. The van der Waals surface area contributed by atoms with Crippen LogP contribution in [0.4, 0.5) is 0 Å². The Balaban J connectivity index is 1.52. The zero-order valence-corrected chi connectivity index (χ0v) is 21.4. The second-order valence-corrected chi connectivity index (χ2v) is 9.43. The highest BCUT2D eigenvalue weighted by molar-refractivity contribution is 6.03. The van der Waals surface area contributed by atoms with Crippen molar-refractivity contribution in [2.75, 3.05) is 13.7 Å². The van der Waals surface area contributed by atoms with Gasteiger partial charge in [0.2, 0.25) is 5.91 Å². The van der Waals surface area contributed by atoms with Crippen molar-refractivity contribution in [3.05, 3.63) is 95.7 Å². The van der Waals surface area contributed by atoms with Gasteiger partial charge in [-0.05, 0) is 49.2 Å². The van der Waals surface area contributed by atoms with Crippen molar-refractivity contribution < 1.29 is 19.1 Å². The molecule has 0 aliphatic carbocycles. The van der Waals surface area contributed by atoms with E-state index in [0.717, 1.165) is 22.0 Å². The fraction of sp³-hybridized carbons (Fsp3) is 0.267. The summed E-state index contributed by atoms with van der Waals surface area (Å²) in [5, 5.41) is 4.05. The highest BCUT2D eigenvalue weighted by Gasteiger charge is 2.47. The molecule has 37 heavy (non-hydrogen) atoms. The van der Waals surface area contributed by atoms with Crippen LogP contribution in [0.25, 0.3) is 10.9 Å². The van der Waals surface area contributed by atoms with Crippen molar-refractivity contribution in [2.24, 2.45) is 0 Å². The van der Waals surface area contributed by atoms with Gasteiger partial charge in [-0.15, -0.1) is 0 Å². The number of aromatic nitrogens is 1. The molecule has 2 heterocycles. The molecular formula is C30H31N3O4. The first-order valence-corrected chi connectivity index (χ1v) is 12.5. The largest absolute Gasteiger partial charge is 0.493 e. The van der Waals surface area contributed by atoms with Crippen molar-refractivity contribution in [1.82, 2.24) is 14.8 Å². The number of nitrogens with zero attached hydrogens (tertiary/aromatic N) is 2. The lowest BCUT2D eigenvalue weighted by molar-refractivity contribution is -0.133.